The summed E-state index contributed by atoms with van der Waals surface area (Å²) in [7, 11) is 2.10. The minimum Gasteiger partial charge on any atom is -0.445 e. The van der Waals surface area contributed by atoms with Gasteiger partial charge in [0.1, 0.15) is 6.10 Å². The second-order valence-corrected chi connectivity index (χ2v) is 6.20. The molecule has 0 saturated carbocycles. The van der Waals surface area contributed by atoms with E-state index < -0.39 is 6.09 Å². The Kier molecular flexibility index (Phi) is 2.72. The number of benzene rings is 1. The minimum absolute atomic E-state index is 0.121. The highest BCUT2D eigenvalue weighted by Crippen LogP contribution is 2.43. The van der Waals surface area contributed by atoms with Crippen LogP contribution in [0.1, 0.15) is 23.5 Å². The van der Waals surface area contributed by atoms with E-state index in [0.29, 0.717) is 12.0 Å². The van der Waals surface area contributed by atoms with Crippen molar-refractivity contribution in [3.63, 3.8) is 0 Å². The van der Waals surface area contributed by atoms with Crippen molar-refractivity contribution in [3.8, 4) is 0 Å². The topological polar surface area (TPSA) is 71.3 Å². The van der Waals surface area contributed by atoms with Crippen LogP contribution in [-0.4, -0.2) is 41.7 Å². The average Bonchev–Trinajstić information content (AvgIpc) is 2.84. The molecule has 5 heteroatoms. The van der Waals surface area contributed by atoms with Gasteiger partial charge >= 0.3 is 6.09 Å². The minimum atomic E-state index is -0.678. The number of nitrogens with zero attached hydrogens (tertiary/aromatic N) is 1. The molecular weight excluding hydrogens is 266 g/mol. The number of rotatable bonds is 1. The number of hydrogen-bond acceptors (Lipinski definition) is 3. The first-order valence-corrected chi connectivity index (χ1v) is 7.38. The van der Waals surface area contributed by atoms with E-state index in [9.17, 15) is 4.79 Å². The lowest BCUT2D eigenvalue weighted by Gasteiger charge is -2.44. The van der Waals surface area contributed by atoms with Crippen LogP contribution in [0.3, 0.4) is 0 Å². The third-order valence-corrected chi connectivity index (χ3v) is 4.97. The van der Waals surface area contributed by atoms with Crippen molar-refractivity contribution in [2.45, 2.75) is 30.9 Å². The molecule has 5 nitrogen and oxygen atoms in total. The molecule has 1 aromatic carbocycles. The van der Waals surface area contributed by atoms with E-state index in [0.717, 1.165) is 19.4 Å². The summed E-state index contributed by atoms with van der Waals surface area (Å²) in [4.78, 5) is 16.7. The van der Waals surface area contributed by atoms with Gasteiger partial charge in [-0.3, -0.25) is 4.90 Å². The molecule has 0 spiro atoms. The fourth-order valence-electron chi connectivity index (χ4n) is 4.14. The van der Waals surface area contributed by atoms with Crippen LogP contribution >= 0.6 is 0 Å². The molecule has 1 unspecified atom stereocenters. The van der Waals surface area contributed by atoms with Crippen LogP contribution < -0.4 is 5.73 Å². The quantitative estimate of drug-likeness (QED) is 0.841. The molecule has 1 saturated heterocycles. The van der Waals surface area contributed by atoms with E-state index in [1.165, 1.54) is 22.0 Å². The van der Waals surface area contributed by atoms with Gasteiger partial charge in [0.2, 0.25) is 0 Å². The number of H-pyrrole nitrogens is 1. The normalized spacial score (nSPS) is 28.3. The molecule has 1 aliphatic carbocycles. The number of carbonyl (C=O) groups excluding carboxylic acids is 1. The number of piperidine rings is 1. The van der Waals surface area contributed by atoms with Crippen LogP contribution in [0.5, 0.6) is 0 Å². The van der Waals surface area contributed by atoms with Crippen LogP contribution in [0.2, 0.25) is 0 Å². The van der Waals surface area contributed by atoms with E-state index in [-0.39, 0.29) is 6.10 Å². The van der Waals surface area contributed by atoms with Crippen LogP contribution in [0, 0.1) is 0 Å². The molecule has 1 aromatic heterocycles. The van der Waals surface area contributed by atoms with Crippen molar-refractivity contribution in [2.24, 2.45) is 5.73 Å². The molecule has 4 rings (SSSR count). The lowest BCUT2D eigenvalue weighted by molar-refractivity contribution is 0.0210. The molecule has 2 heterocycles. The fourth-order valence-corrected chi connectivity index (χ4v) is 4.14. The summed E-state index contributed by atoms with van der Waals surface area (Å²) in [6.07, 6.45) is 3.22. The Morgan fingerprint density at radius 3 is 3.14 bits per heavy atom. The summed E-state index contributed by atoms with van der Waals surface area (Å²) in [6.45, 7) is 0.750. The lowest BCUT2D eigenvalue weighted by atomic mass is 9.74. The summed E-state index contributed by atoms with van der Waals surface area (Å²) >= 11 is 0. The average molecular weight is 285 g/mol. The largest absolute Gasteiger partial charge is 0.445 e. The van der Waals surface area contributed by atoms with Crippen LogP contribution in [0.15, 0.2) is 24.4 Å². The smallest absolute Gasteiger partial charge is 0.404 e. The van der Waals surface area contributed by atoms with Gasteiger partial charge in [-0.15, -0.1) is 0 Å². The van der Waals surface area contributed by atoms with Crippen molar-refractivity contribution in [1.29, 1.82) is 0 Å². The molecule has 110 valence electrons. The molecule has 1 aliphatic heterocycles. The highest BCUT2D eigenvalue weighted by molar-refractivity contribution is 5.88. The third-order valence-electron chi connectivity index (χ3n) is 4.97. The van der Waals surface area contributed by atoms with E-state index in [1.54, 1.807) is 0 Å². The Balaban J connectivity index is 1.76. The van der Waals surface area contributed by atoms with Crippen molar-refractivity contribution in [3.05, 3.63) is 35.5 Å². The number of primary amides is 1. The summed E-state index contributed by atoms with van der Waals surface area (Å²) < 4.78 is 5.27. The Hall–Kier alpha value is -2.01. The van der Waals surface area contributed by atoms with Gasteiger partial charge in [-0.1, -0.05) is 12.1 Å². The zero-order valence-electron chi connectivity index (χ0n) is 12.0. The number of amides is 1. The molecule has 1 fully saturated rings. The van der Waals surface area contributed by atoms with E-state index >= 15 is 0 Å². The van der Waals surface area contributed by atoms with Gasteiger partial charge < -0.3 is 15.5 Å². The number of aromatic nitrogens is 1. The number of carbonyl (C=O) groups is 1. The van der Waals surface area contributed by atoms with Crippen LogP contribution in [0.4, 0.5) is 4.79 Å². The maximum Gasteiger partial charge on any atom is 0.404 e. The van der Waals surface area contributed by atoms with Gasteiger partial charge in [0.25, 0.3) is 0 Å². The SMILES string of the molecule is CN1C[C@@H](OC(N)=O)CC2c3cccc4[nH]cc(c34)C[C@H]21. The molecule has 0 radical (unpaired) electrons. The van der Waals surface area contributed by atoms with Crippen molar-refractivity contribution < 1.29 is 9.53 Å². The summed E-state index contributed by atoms with van der Waals surface area (Å²) in [5.41, 5.74) is 9.14. The van der Waals surface area contributed by atoms with Gasteiger partial charge in [0.05, 0.1) is 0 Å². The van der Waals surface area contributed by atoms with E-state index in [1.807, 2.05) is 0 Å². The molecule has 21 heavy (non-hydrogen) atoms. The Morgan fingerprint density at radius 1 is 1.48 bits per heavy atom. The Morgan fingerprint density at radius 2 is 2.33 bits per heavy atom. The van der Waals surface area contributed by atoms with Gasteiger partial charge in [-0.05, 0) is 37.1 Å². The standard InChI is InChI=1S/C16H19N3O2/c1-19-8-10(21-16(17)20)6-12-11-3-2-4-13-15(11)9(7-18-13)5-14(12)19/h2-4,7,10,12,14,18H,5-6,8H2,1H3,(H2,17,20)/t10-,12?,14+/m0/s1. The van der Waals surface area contributed by atoms with Crippen molar-refractivity contribution >= 4 is 17.0 Å². The van der Waals surface area contributed by atoms with E-state index in [4.69, 9.17) is 10.5 Å². The van der Waals surface area contributed by atoms with Gasteiger partial charge in [0.15, 0.2) is 0 Å². The van der Waals surface area contributed by atoms with Gasteiger partial charge in [-0.2, -0.15) is 0 Å². The second kappa shape index (κ2) is 4.49. The van der Waals surface area contributed by atoms with Crippen LogP contribution in [-0.2, 0) is 11.2 Å². The maximum absolute atomic E-state index is 11.1. The first kappa shape index (κ1) is 12.7. The number of aromatic amines is 1. The molecular formula is C16H19N3O2. The number of nitrogens with two attached hydrogens (primary N) is 1. The molecule has 0 bridgehead atoms. The monoisotopic (exact) mass is 285 g/mol. The summed E-state index contributed by atoms with van der Waals surface area (Å²) in [5.74, 6) is 0.389. The number of ether oxygens (including phenoxy) is 1. The molecule has 3 N–H and O–H groups in total. The van der Waals surface area contributed by atoms with Crippen molar-refractivity contribution in [2.75, 3.05) is 13.6 Å². The number of hydrogen-bond donors (Lipinski definition) is 2. The molecule has 2 aliphatic rings. The molecule has 2 aromatic rings. The predicted molar refractivity (Wildman–Crippen MR) is 80.2 cm³/mol. The van der Waals surface area contributed by atoms with Crippen molar-refractivity contribution in [1.82, 2.24) is 9.88 Å². The highest BCUT2D eigenvalue weighted by atomic mass is 16.6. The first-order valence-electron chi connectivity index (χ1n) is 7.38. The van der Waals surface area contributed by atoms with Gasteiger partial charge in [-0.25, -0.2) is 4.79 Å². The highest BCUT2D eigenvalue weighted by Gasteiger charge is 2.40. The first-order chi connectivity index (χ1) is 10.1. The zero-order chi connectivity index (χ0) is 14.6. The molecule has 1 amide bonds. The number of fused-ring (bicyclic) bond motifs is 2. The summed E-state index contributed by atoms with van der Waals surface area (Å²) in [6, 6.07) is 6.88. The van der Waals surface area contributed by atoms with Crippen LogP contribution in [0.25, 0.3) is 10.9 Å². The number of likely N-dealkylation sites (N-methyl/N-ethyl adjacent to an activating group) is 1. The summed E-state index contributed by atoms with van der Waals surface area (Å²) in [5, 5.41) is 1.35. The second-order valence-electron chi connectivity index (χ2n) is 6.20. The zero-order valence-corrected chi connectivity index (χ0v) is 12.0. The molecule has 3 atom stereocenters. The van der Waals surface area contributed by atoms with E-state index in [2.05, 4.69) is 41.3 Å². The number of nitrogens with one attached hydrogen (secondary N) is 1. The third kappa shape index (κ3) is 1.92. The maximum atomic E-state index is 11.1. The van der Waals surface area contributed by atoms with Gasteiger partial charge in [0, 0.05) is 35.6 Å². The lowest BCUT2D eigenvalue weighted by Crippen LogP contribution is -2.51. The fraction of sp³-hybridized carbons (Fsp3) is 0.438. The Labute approximate surface area is 123 Å². The Bertz CT molecular complexity index is 709. The number of likely N-dealkylation sites (tertiary alicyclic amines) is 1. The predicted octanol–water partition coefficient (Wildman–Crippen LogP) is 1.98.